The topological polar surface area (TPSA) is 42.3 Å². The summed E-state index contributed by atoms with van der Waals surface area (Å²) in [5.74, 6) is 1.59. The Morgan fingerprint density at radius 2 is 1.71 bits per heavy atom. The van der Waals surface area contributed by atoms with Crippen LogP contribution in [-0.4, -0.2) is 47.2 Å². The van der Waals surface area contributed by atoms with E-state index < -0.39 is 0 Å². The number of aromatic nitrogens is 2. The van der Waals surface area contributed by atoms with Crippen molar-refractivity contribution in [1.82, 2.24) is 14.5 Å². The van der Waals surface area contributed by atoms with E-state index in [0.29, 0.717) is 12.6 Å². The third-order valence-corrected chi connectivity index (χ3v) is 6.94. The molecular weight excluding hydrogens is 439 g/mol. The summed E-state index contributed by atoms with van der Waals surface area (Å²) in [6.45, 7) is 3.93. The number of fused-ring (bicyclic) bond motifs is 1. The van der Waals surface area contributed by atoms with Gasteiger partial charge in [-0.25, -0.2) is 9.37 Å². The SMILES string of the molecule is COc1ccc(CCN2CCCC(Nc3nc4ccccc4n3Cc3ccc(F)cc3)CC2)cc1. The maximum atomic E-state index is 13.4. The van der Waals surface area contributed by atoms with E-state index >= 15 is 0 Å². The van der Waals surface area contributed by atoms with E-state index in [1.54, 1.807) is 7.11 Å². The van der Waals surface area contributed by atoms with Crippen molar-refractivity contribution in [2.24, 2.45) is 0 Å². The lowest BCUT2D eigenvalue weighted by molar-refractivity contribution is 0.288. The second-order valence-electron chi connectivity index (χ2n) is 9.35. The van der Waals surface area contributed by atoms with Crippen molar-refractivity contribution in [3.05, 3.63) is 89.7 Å². The number of likely N-dealkylation sites (tertiary alicyclic amines) is 1. The number of imidazole rings is 1. The molecule has 5 nitrogen and oxygen atoms in total. The summed E-state index contributed by atoms with van der Waals surface area (Å²) in [4.78, 5) is 7.49. The molecule has 1 atom stereocenters. The molecule has 1 aromatic heterocycles. The molecule has 3 aromatic carbocycles. The first-order chi connectivity index (χ1) is 17.2. The maximum Gasteiger partial charge on any atom is 0.204 e. The highest BCUT2D eigenvalue weighted by Crippen LogP contribution is 2.24. The normalized spacial score (nSPS) is 16.8. The van der Waals surface area contributed by atoms with Crippen LogP contribution >= 0.6 is 0 Å². The van der Waals surface area contributed by atoms with Crippen molar-refractivity contribution < 1.29 is 9.13 Å². The number of rotatable bonds is 8. The maximum absolute atomic E-state index is 13.4. The molecule has 182 valence electrons. The number of hydrogen-bond acceptors (Lipinski definition) is 4. The third kappa shape index (κ3) is 5.82. The zero-order chi connectivity index (χ0) is 24.0. The van der Waals surface area contributed by atoms with Crippen molar-refractivity contribution in [1.29, 1.82) is 0 Å². The Labute approximate surface area is 206 Å². The lowest BCUT2D eigenvalue weighted by atomic mass is 10.1. The van der Waals surface area contributed by atoms with Crippen LogP contribution in [-0.2, 0) is 13.0 Å². The molecule has 2 heterocycles. The Balaban J connectivity index is 1.24. The molecule has 6 heteroatoms. The predicted molar refractivity (Wildman–Crippen MR) is 140 cm³/mol. The van der Waals surface area contributed by atoms with E-state index in [2.05, 4.69) is 39.0 Å². The Hall–Kier alpha value is -3.38. The van der Waals surface area contributed by atoms with Gasteiger partial charge in [0, 0.05) is 19.1 Å². The van der Waals surface area contributed by atoms with Gasteiger partial charge in [-0.3, -0.25) is 0 Å². The quantitative estimate of drug-likeness (QED) is 0.355. The highest BCUT2D eigenvalue weighted by molar-refractivity contribution is 5.78. The summed E-state index contributed by atoms with van der Waals surface area (Å²) in [6, 6.07) is 23.7. The standard InChI is InChI=1S/C29H33FN4O/c1-35-26-14-10-22(11-15-26)16-19-33-18-4-5-25(17-20-33)31-29-32-27-6-2-3-7-28(27)34(29)21-23-8-12-24(30)13-9-23/h2-3,6-15,25H,4-5,16-21H2,1H3,(H,31,32). The van der Waals surface area contributed by atoms with Gasteiger partial charge in [0.05, 0.1) is 24.7 Å². The van der Waals surface area contributed by atoms with Gasteiger partial charge < -0.3 is 19.5 Å². The first-order valence-electron chi connectivity index (χ1n) is 12.5. The van der Waals surface area contributed by atoms with Gasteiger partial charge in [-0.2, -0.15) is 0 Å². The molecule has 1 unspecified atom stereocenters. The first kappa shape index (κ1) is 23.4. The molecule has 0 saturated carbocycles. The van der Waals surface area contributed by atoms with E-state index in [4.69, 9.17) is 9.72 Å². The summed E-state index contributed by atoms with van der Waals surface area (Å²) < 4.78 is 20.9. The lowest BCUT2D eigenvalue weighted by Gasteiger charge is -2.21. The number of benzene rings is 3. The van der Waals surface area contributed by atoms with Gasteiger partial charge in [-0.05, 0) is 79.8 Å². The molecule has 35 heavy (non-hydrogen) atoms. The molecule has 1 fully saturated rings. The van der Waals surface area contributed by atoms with Crippen LogP contribution in [0, 0.1) is 5.82 Å². The summed E-state index contributed by atoms with van der Waals surface area (Å²) in [7, 11) is 1.70. The zero-order valence-electron chi connectivity index (χ0n) is 20.3. The van der Waals surface area contributed by atoms with E-state index in [9.17, 15) is 4.39 Å². The minimum Gasteiger partial charge on any atom is -0.497 e. The fourth-order valence-electron chi connectivity index (χ4n) is 4.90. The number of nitrogens with zero attached hydrogens (tertiary/aromatic N) is 3. The number of halogens is 1. The van der Waals surface area contributed by atoms with Gasteiger partial charge in [0.15, 0.2) is 0 Å². The van der Waals surface area contributed by atoms with E-state index in [1.807, 2.05) is 36.4 Å². The highest BCUT2D eigenvalue weighted by atomic mass is 19.1. The summed E-state index contributed by atoms with van der Waals surface area (Å²) in [5.41, 5.74) is 4.48. The highest BCUT2D eigenvalue weighted by Gasteiger charge is 2.20. The van der Waals surface area contributed by atoms with Gasteiger partial charge in [-0.15, -0.1) is 0 Å². The molecule has 5 rings (SSSR count). The largest absolute Gasteiger partial charge is 0.497 e. The van der Waals surface area contributed by atoms with Gasteiger partial charge in [-0.1, -0.05) is 36.4 Å². The average molecular weight is 473 g/mol. The van der Waals surface area contributed by atoms with Crippen LogP contribution in [0.4, 0.5) is 10.3 Å². The van der Waals surface area contributed by atoms with Crippen LogP contribution in [0.1, 0.15) is 30.4 Å². The van der Waals surface area contributed by atoms with Crippen molar-refractivity contribution in [2.45, 2.75) is 38.3 Å². The molecule has 1 aliphatic rings. The Bertz CT molecular complexity index is 1240. The predicted octanol–water partition coefficient (Wildman–Crippen LogP) is 5.74. The number of para-hydroxylation sites is 2. The molecule has 0 aliphatic carbocycles. The number of nitrogens with one attached hydrogen (secondary N) is 1. The molecule has 0 radical (unpaired) electrons. The van der Waals surface area contributed by atoms with Crippen LogP contribution in [0.15, 0.2) is 72.8 Å². The fraction of sp³-hybridized carbons (Fsp3) is 0.345. The Kier molecular flexibility index (Phi) is 7.28. The van der Waals surface area contributed by atoms with E-state index in [-0.39, 0.29) is 5.82 Å². The molecular formula is C29H33FN4O. The second kappa shape index (κ2) is 10.9. The van der Waals surface area contributed by atoms with Gasteiger partial charge in [0.2, 0.25) is 5.95 Å². The molecule has 0 amide bonds. The van der Waals surface area contributed by atoms with Gasteiger partial charge >= 0.3 is 0 Å². The summed E-state index contributed by atoms with van der Waals surface area (Å²) >= 11 is 0. The molecule has 1 N–H and O–H groups in total. The Morgan fingerprint density at radius 3 is 2.51 bits per heavy atom. The van der Waals surface area contributed by atoms with Crippen LogP contribution in [0.2, 0.25) is 0 Å². The number of hydrogen-bond donors (Lipinski definition) is 1. The van der Waals surface area contributed by atoms with Crippen LogP contribution in [0.25, 0.3) is 11.0 Å². The minimum atomic E-state index is -0.211. The number of anilines is 1. The van der Waals surface area contributed by atoms with E-state index in [0.717, 1.165) is 67.2 Å². The van der Waals surface area contributed by atoms with Crippen molar-refractivity contribution in [3.8, 4) is 5.75 Å². The van der Waals surface area contributed by atoms with E-state index in [1.165, 1.54) is 24.1 Å². The summed E-state index contributed by atoms with van der Waals surface area (Å²) in [5, 5.41) is 3.75. The molecule has 0 spiro atoms. The van der Waals surface area contributed by atoms with Gasteiger partial charge in [0.25, 0.3) is 0 Å². The number of ether oxygens (including phenoxy) is 1. The molecule has 1 aliphatic heterocycles. The Morgan fingerprint density at radius 1 is 0.943 bits per heavy atom. The molecule has 1 saturated heterocycles. The monoisotopic (exact) mass is 472 g/mol. The zero-order valence-corrected chi connectivity index (χ0v) is 20.3. The van der Waals surface area contributed by atoms with Crippen LogP contribution in [0.3, 0.4) is 0 Å². The van der Waals surface area contributed by atoms with Gasteiger partial charge in [0.1, 0.15) is 11.6 Å². The number of methoxy groups -OCH3 is 1. The summed E-state index contributed by atoms with van der Waals surface area (Å²) in [6.07, 6.45) is 4.43. The third-order valence-electron chi connectivity index (χ3n) is 6.94. The van der Waals surface area contributed by atoms with Crippen LogP contribution in [0.5, 0.6) is 5.75 Å². The van der Waals surface area contributed by atoms with Crippen molar-refractivity contribution in [3.63, 3.8) is 0 Å². The lowest BCUT2D eigenvalue weighted by Crippen LogP contribution is -2.28. The molecule has 4 aromatic rings. The van der Waals surface area contributed by atoms with Crippen molar-refractivity contribution in [2.75, 3.05) is 32.1 Å². The molecule has 0 bridgehead atoms. The fourth-order valence-corrected chi connectivity index (χ4v) is 4.90. The average Bonchev–Trinajstić information content (AvgIpc) is 3.06. The van der Waals surface area contributed by atoms with Crippen LogP contribution < -0.4 is 10.1 Å². The second-order valence-corrected chi connectivity index (χ2v) is 9.35. The first-order valence-corrected chi connectivity index (χ1v) is 12.5. The smallest absolute Gasteiger partial charge is 0.204 e. The minimum absolute atomic E-state index is 0.211. The van der Waals surface area contributed by atoms with Crippen molar-refractivity contribution >= 4 is 17.0 Å².